The molecule has 0 aliphatic heterocycles. The van der Waals surface area contributed by atoms with Crippen molar-refractivity contribution in [3.05, 3.63) is 54.1 Å². The summed E-state index contributed by atoms with van der Waals surface area (Å²) in [5, 5.41) is 2.93. The number of aliphatic imine (C=N–C) groups is 1. The molecule has 0 aromatic heterocycles. The van der Waals surface area contributed by atoms with E-state index in [0.717, 1.165) is 5.69 Å². The molecule has 3 N–H and O–H groups in total. The maximum Gasteiger partial charge on any atom is 0.387 e. The summed E-state index contributed by atoms with van der Waals surface area (Å²) < 4.78 is 33.8. The minimum absolute atomic E-state index is 0. The molecule has 2 aromatic rings. The first-order valence-electron chi connectivity index (χ1n) is 6.81. The average molecular weight is 449 g/mol. The highest BCUT2D eigenvalue weighted by atomic mass is 127. The van der Waals surface area contributed by atoms with Gasteiger partial charge in [0, 0.05) is 11.8 Å². The second-order valence-corrected chi connectivity index (χ2v) is 4.58. The maximum atomic E-state index is 12.2. The molecule has 0 saturated carbocycles. The molecule has 5 nitrogen and oxygen atoms in total. The molecule has 2 rings (SSSR count). The summed E-state index contributed by atoms with van der Waals surface area (Å²) in [5.41, 5.74) is 7.25. The molecule has 0 aliphatic carbocycles. The van der Waals surface area contributed by atoms with Crippen molar-refractivity contribution >= 4 is 35.6 Å². The number of halogens is 3. The second kappa shape index (κ2) is 9.91. The lowest BCUT2D eigenvalue weighted by Crippen LogP contribution is -2.22. The summed E-state index contributed by atoms with van der Waals surface area (Å²) in [7, 11) is 1.57. The van der Waals surface area contributed by atoms with Gasteiger partial charge < -0.3 is 20.5 Å². The van der Waals surface area contributed by atoms with E-state index in [9.17, 15) is 8.78 Å². The van der Waals surface area contributed by atoms with E-state index >= 15 is 0 Å². The lowest BCUT2D eigenvalue weighted by atomic mass is 10.2. The Balaban J connectivity index is 0.00000288. The maximum absolute atomic E-state index is 12.2. The first-order valence-corrected chi connectivity index (χ1v) is 6.81. The van der Waals surface area contributed by atoms with Gasteiger partial charge in [-0.3, -0.25) is 0 Å². The van der Waals surface area contributed by atoms with E-state index in [1.165, 1.54) is 12.1 Å². The van der Waals surface area contributed by atoms with E-state index < -0.39 is 6.61 Å². The number of hydrogen-bond donors (Lipinski definition) is 2. The van der Waals surface area contributed by atoms with E-state index in [0.29, 0.717) is 11.3 Å². The van der Waals surface area contributed by atoms with Gasteiger partial charge in [-0.2, -0.15) is 8.78 Å². The predicted octanol–water partition coefficient (Wildman–Crippen LogP) is 3.84. The highest BCUT2D eigenvalue weighted by Gasteiger charge is 2.04. The highest BCUT2D eigenvalue weighted by Crippen LogP contribution is 2.18. The van der Waals surface area contributed by atoms with Gasteiger partial charge in [0.05, 0.1) is 13.7 Å². The number of guanidine groups is 1. The van der Waals surface area contributed by atoms with Crippen LogP contribution >= 0.6 is 24.0 Å². The topological polar surface area (TPSA) is 68.9 Å². The Bertz CT molecular complexity index is 684. The largest absolute Gasteiger partial charge is 0.497 e. The molecule has 0 radical (unpaired) electrons. The highest BCUT2D eigenvalue weighted by molar-refractivity contribution is 14.0. The number of methoxy groups -OCH3 is 1. The number of nitrogens with one attached hydrogen (secondary N) is 1. The third-order valence-electron chi connectivity index (χ3n) is 2.90. The van der Waals surface area contributed by atoms with E-state index in [1.54, 1.807) is 25.3 Å². The molecule has 0 aliphatic rings. The summed E-state index contributed by atoms with van der Waals surface area (Å²) in [6.07, 6.45) is 0. The van der Waals surface area contributed by atoms with Crippen molar-refractivity contribution in [2.75, 3.05) is 12.4 Å². The minimum atomic E-state index is -2.85. The fraction of sp³-hybridized carbons (Fsp3) is 0.188. The molecular formula is C16H18F2IN3O2. The van der Waals surface area contributed by atoms with Crippen LogP contribution in [0.5, 0.6) is 11.5 Å². The first kappa shape index (κ1) is 19.9. The van der Waals surface area contributed by atoms with Crippen molar-refractivity contribution in [1.82, 2.24) is 0 Å². The quantitative estimate of drug-likeness (QED) is 0.400. The number of benzene rings is 2. The molecule has 0 unspecified atom stereocenters. The van der Waals surface area contributed by atoms with Gasteiger partial charge in [-0.05, 0) is 29.8 Å². The average Bonchev–Trinajstić information content (AvgIpc) is 2.53. The Morgan fingerprint density at radius 2 is 1.88 bits per heavy atom. The van der Waals surface area contributed by atoms with Crippen LogP contribution < -0.4 is 20.5 Å². The fourth-order valence-electron chi connectivity index (χ4n) is 1.88. The van der Waals surface area contributed by atoms with Crippen LogP contribution in [-0.4, -0.2) is 19.7 Å². The van der Waals surface area contributed by atoms with Gasteiger partial charge in [0.15, 0.2) is 5.96 Å². The molecule has 24 heavy (non-hydrogen) atoms. The number of hydrogen-bond acceptors (Lipinski definition) is 3. The Morgan fingerprint density at radius 1 is 1.17 bits per heavy atom. The van der Waals surface area contributed by atoms with Gasteiger partial charge in [0.2, 0.25) is 0 Å². The molecule has 0 atom stereocenters. The van der Waals surface area contributed by atoms with Gasteiger partial charge >= 0.3 is 6.61 Å². The lowest BCUT2D eigenvalue weighted by molar-refractivity contribution is -0.0498. The van der Waals surface area contributed by atoms with Crippen molar-refractivity contribution in [2.45, 2.75) is 13.2 Å². The van der Waals surface area contributed by atoms with Gasteiger partial charge in [-0.25, -0.2) is 4.99 Å². The molecule has 0 heterocycles. The summed E-state index contributed by atoms with van der Waals surface area (Å²) in [4.78, 5) is 4.16. The Hall–Kier alpha value is -2.10. The van der Waals surface area contributed by atoms with Gasteiger partial charge in [0.25, 0.3) is 0 Å². The monoisotopic (exact) mass is 449 g/mol. The molecule has 8 heteroatoms. The third kappa shape index (κ3) is 6.57. The van der Waals surface area contributed by atoms with Crippen molar-refractivity contribution in [3.8, 4) is 11.5 Å². The van der Waals surface area contributed by atoms with Crippen LogP contribution in [0.25, 0.3) is 0 Å². The Kier molecular flexibility index (Phi) is 8.24. The smallest absolute Gasteiger partial charge is 0.387 e. The standard InChI is InChI=1S/C16H17F2N3O2.HI/c1-22-13-6-3-5-12(9-13)21-16(19)20-10-11-4-2-7-14(8-11)23-15(17)18;/h2-9,15H,10H2,1H3,(H3,19,20,21);1H. The zero-order chi connectivity index (χ0) is 16.7. The van der Waals surface area contributed by atoms with E-state index in [2.05, 4.69) is 15.0 Å². The van der Waals surface area contributed by atoms with Crippen LogP contribution in [0.1, 0.15) is 5.56 Å². The van der Waals surface area contributed by atoms with Gasteiger partial charge in [-0.15, -0.1) is 24.0 Å². The normalized spacial score (nSPS) is 10.9. The molecule has 0 amide bonds. The Morgan fingerprint density at radius 3 is 2.58 bits per heavy atom. The van der Waals surface area contributed by atoms with Gasteiger partial charge in [-0.1, -0.05) is 18.2 Å². The van der Waals surface area contributed by atoms with Crippen molar-refractivity contribution in [2.24, 2.45) is 10.7 Å². The predicted molar refractivity (Wildman–Crippen MR) is 100 cm³/mol. The van der Waals surface area contributed by atoms with Crippen molar-refractivity contribution < 1.29 is 18.3 Å². The summed E-state index contributed by atoms with van der Waals surface area (Å²) in [6.45, 7) is -2.61. The molecular weight excluding hydrogens is 431 g/mol. The number of nitrogens with zero attached hydrogens (tertiary/aromatic N) is 1. The molecule has 0 fully saturated rings. The third-order valence-corrected chi connectivity index (χ3v) is 2.90. The number of anilines is 1. The zero-order valence-electron chi connectivity index (χ0n) is 12.9. The lowest BCUT2D eigenvalue weighted by Gasteiger charge is -2.08. The number of ether oxygens (including phenoxy) is 2. The zero-order valence-corrected chi connectivity index (χ0v) is 15.2. The van der Waals surface area contributed by atoms with E-state index in [1.807, 2.05) is 18.2 Å². The summed E-state index contributed by atoms with van der Waals surface area (Å²) >= 11 is 0. The van der Waals surface area contributed by atoms with Crippen LogP contribution in [0.2, 0.25) is 0 Å². The number of nitrogens with two attached hydrogens (primary N) is 1. The fourth-order valence-corrected chi connectivity index (χ4v) is 1.88. The van der Waals surface area contributed by atoms with E-state index in [4.69, 9.17) is 10.5 Å². The van der Waals surface area contributed by atoms with Crippen LogP contribution in [0.15, 0.2) is 53.5 Å². The molecule has 2 aromatic carbocycles. The first-order chi connectivity index (χ1) is 11.1. The van der Waals surface area contributed by atoms with Crippen molar-refractivity contribution in [1.29, 1.82) is 0 Å². The summed E-state index contributed by atoms with van der Waals surface area (Å²) in [5.74, 6) is 0.991. The minimum Gasteiger partial charge on any atom is -0.497 e. The molecule has 130 valence electrons. The number of rotatable bonds is 6. The van der Waals surface area contributed by atoms with Crippen LogP contribution in [0.4, 0.5) is 14.5 Å². The SMILES string of the molecule is COc1cccc(NC(N)=NCc2cccc(OC(F)F)c2)c1.I. The van der Waals surface area contributed by atoms with Crippen LogP contribution in [0, 0.1) is 0 Å². The van der Waals surface area contributed by atoms with Crippen LogP contribution in [0.3, 0.4) is 0 Å². The molecule has 0 bridgehead atoms. The second-order valence-electron chi connectivity index (χ2n) is 4.58. The van der Waals surface area contributed by atoms with Crippen molar-refractivity contribution in [3.63, 3.8) is 0 Å². The molecule has 0 spiro atoms. The Labute approximate surface area is 155 Å². The molecule has 0 saturated heterocycles. The summed E-state index contributed by atoms with van der Waals surface area (Å²) in [6, 6.07) is 13.6. The van der Waals surface area contributed by atoms with Crippen LogP contribution in [-0.2, 0) is 6.54 Å². The van der Waals surface area contributed by atoms with E-state index in [-0.39, 0.29) is 42.2 Å². The van der Waals surface area contributed by atoms with Gasteiger partial charge in [0.1, 0.15) is 11.5 Å². The number of alkyl halides is 2.